The summed E-state index contributed by atoms with van der Waals surface area (Å²) in [7, 11) is 0. The Bertz CT molecular complexity index is 496. The maximum Gasteiger partial charge on any atom is 0.107 e. The van der Waals surface area contributed by atoms with Crippen LogP contribution in [-0.2, 0) is 0 Å². The van der Waals surface area contributed by atoms with E-state index in [2.05, 4.69) is 9.97 Å². The van der Waals surface area contributed by atoms with Gasteiger partial charge in [0.1, 0.15) is 17.5 Å². The molecule has 0 aliphatic carbocycles. The lowest BCUT2D eigenvalue weighted by molar-refractivity contribution is 0.128. The van der Waals surface area contributed by atoms with E-state index >= 15 is 0 Å². The number of imidazole rings is 1. The molecule has 0 saturated heterocycles. The molecule has 0 aliphatic rings. The van der Waals surface area contributed by atoms with Crippen LogP contribution in [0.15, 0.2) is 12.1 Å². The van der Waals surface area contributed by atoms with Gasteiger partial charge in [-0.2, -0.15) is 5.48 Å². The molecule has 1 unspecified atom stereocenters. The van der Waals surface area contributed by atoms with Crippen LogP contribution in [0.4, 0.5) is 0 Å². The number of hydroxylamine groups is 1. The molecule has 0 bridgehead atoms. The minimum atomic E-state index is -0.657. The lowest BCUT2D eigenvalue weighted by Crippen LogP contribution is -2.25. The zero-order valence-electron chi connectivity index (χ0n) is 8.08. The Morgan fingerprint density at radius 2 is 2.33 bits per heavy atom. The molecular formula is C9H11ClN4O. The molecule has 1 atom stereocenters. The van der Waals surface area contributed by atoms with Crippen LogP contribution in [-0.4, -0.2) is 15.2 Å². The van der Waals surface area contributed by atoms with Crippen molar-refractivity contribution < 1.29 is 5.21 Å². The fourth-order valence-electron chi connectivity index (χ4n) is 1.47. The first kappa shape index (κ1) is 10.4. The molecular weight excluding hydrogens is 216 g/mol. The highest BCUT2D eigenvalue weighted by atomic mass is 35.5. The van der Waals surface area contributed by atoms with Gasteiger partial charge in [-0.1, -0.05) is 11.6 Å². The number of benzene rings is 1. The largest absolute Gasteiger partial charge is 0.342 e. The zero-order valence-corrected chi connectivity index (χ0v) is 8.84. The van der Waals surface area contributed by atoms with E-state index in [-0.39, 0.29) is 0 Å². The molecule has 0 radical (unpaired) electrons. The highest BCUT2D eigenvalue weighted by molar-refractivity contribution is 6.35. The zero-order chi connectivity index (χ0) is 11.0. The maximum absolute atomic E-state index is 8.71. The van der Waals surface area contributed by atoms with Crippen molar-refractivity contribution in [3.63, 3.8) is 0 Å². The molecule has 2 rings (SSSR count). The molecule has 0 saturated carbocycles. The molecule has 1 heterocycles. The summed E-state index contributed by atoms with van der Waals surface area (Å²) in [5.41, 5.74) is 9.78. The number of rotatable bonds is 2. The molecule has 5 nitrogen and oxygen atoms in total. The quantitative estimate of drug-likeness (QED) is 0.461. The van der Waals surface area contributed by atoms with Gasteiger partial charge in [0.05, 0.1) is 10.5 Å². The Labute approximate surface area is 91.2 Å². The number of hydrogen-bond acceptors (Lipinski definition) is 4. The lowest BCUT2D eigenvalue weighted by atomic mass is 10.1. The number of H-pyrrole nitrogens is 1. The second-order valence-electron chi connectivity index (χ2n) is 3.33. The normalized spacial score (nSPS) is 13.3. The second kappa shape index (κ2) is 3.79. The maximum atomic E-state index is 8.71. The number of aromatic amines is 1. The topological polar surface area (TPSA) is 87.0 Å². The fourth-order valence-corrected chi connectivity index (χ4v) is 1.74. The van der Waals surface area contributed by atoms with Crippen LogP contribution < -0.4 is 11.2 Å². The molecule has 0 aliphatic heterocycles. The number of nitrogens with two attached hydrogens (primary N) is 1. The van der Waals surface area contributed by atoms with Crippen LogP contribution in [0.1, 0.15) is 17.6 Å². The predicted molar refractivity (Wildman–Crippen MR) is 57.7 cm³/mol. The summed E-state index contributed by atoms with van der Waals surface area (Å²) in [6.45, 7) is 1.85. The van der Waals surface area contributed by atoms with Crippen LogP contribution in [0.3, 0.4) is 0 Å². The van der Waals surface area contributed by atoms with Crippen LogP contribution >= 0.6 is 11.6 Å². The van der Waals surface area contributed by atoms with E-state index in [9.17, 15) is 0 Å². The van der Waals surface area contributed by atoms with Crippen LogP contribution in [0.5, 0.6) is 0 Å². The Morgan fingerprint density at radius 1 is 1.60 bits per heavy atom. The van der Waals surface area contributed by atoms with Gasteiger partial charge in [-0.3, -0.25) is 0 Å². The minimum absolute atomic E-state index is 0.512. The van der Waals surface area contributed by atoms with Crippen molar-refractivity contribution in [2.24, 2.45) is 5.73 Å². The van der Waals surface area contributed by atoms with Crippen molar-refractivity contribution >= 4 is 22.6 Å². The Balaban J connectivity index is 2.61. The molecule has 1 aromatic carbocycles. The first-order valence-electron chi connectivity index (χ1n) is 4.43. The summed E-state index contributed by atoms with van der Waals surface area (Å²) in [6, 6.07) is 3.48. The second-order valence-corrected chi connectivity index (χ2v) is 3.74. The molecule has 1 aromatic heterocycles. The third-order valence-corrected chi connectivity index (χ3v) is 2.47. The Morgan fingerprint density at radius 3 is 3.00 bits per heavy atom. The fraction of sp³-hybridized carbons (Fsp3) is 0.222. The predicted octanol–water partition coefficient (Wildman–Crippen LogP) is 1.46. The summed E-state index contributed by atoms with van der Waals surface area (Å²) >= 11 is 6.03. The van der Waals surface area contributed by atoms with Crippen LogP contribution in [0, 0.1) is 6.92 Å². The first-order chi connectivity index (χ1) is 7.11. The number of nitrogens with one attached hydrogen (secondary N) is 2. The van der Waals surface area contributed by atoms with Gasteiger partial charge >= 0.3 is 0 Å². The van der Waals surface area contributed by atoms with Gasteiger partial charge in [0.2, 0.25) is 0 Å². The van der Waals surface area contributed by atoms with Crippen molar-refractivity contribution in [1.29, 1.82) is 0 Å². The summed E-state index contributed by atoms with van der Waals surface area (Å²) in [5.74, 6) is 0.787. The van der Waals surface area contributed by atoms with Gasteiger partial charge in [-0.15, -0.1) is 0 Å². The van der Waals surface area contributed by atoms with E-state index in [1.54, 1.807) is 12.1 Å². The monoisotopic (exact) mass is 226 g/mol. The average molecular weight is 227 g/mol. The van der Waals surface area contributed by atoms with E-state index in [0.717, 1.165) is 11.3 Å². The number of hydrogen-bond donors (Lipinski definition) is 4. The lowest BCUT2D eigenvalue weighted by Gasteiger charge is -2.09. The molecule has 0 spiro atoms. The summed E-state index contributed by atoms with van der Waals surface area (Å²) in [5, 5.41) is 9.22. The number of halogens is 1. The third-order valence-electron chi connectivity index (χ3n) is 2.18. The van der Waals surface area contributed by atoms with Crippen LogP contribution in [0.25, 0.3) is 11.0 Å². The first-order valence-corrected chi connectivity index (χ1v) is 4.80. The van der Waals surface area contributed by atoms with Crippen molar-refractivity contribution in [3.05, 3.63) is 28.5 Å². The van der Waals surface area contributed by atoms with E-state index < -0.39 is 6.17 Å². The van der Waals surface area contributed by atoms with Gasteiger partial charge in [0.15, 0.2) is 0 Å². The highest BCUT2D eigenvalue weighted by Gasteiger charge is 2.10. The van der Waals surface area contributed by atoms with E-state index in [0.29, 0.717) is 16.1 Å². The van der Waals surface area contributed by atoms with Gasteiger partial charge in [0, 0.05) is 0 Å². The van der Waals surface area contributed by atoms with Crippen LogP contribution in [0.2, 0.25) is 5.02 Å². The molecule has 6 heteroatoms. The van der Waals surface area contributed by atoms with E-state index in [1.165, 1.54) is 0 Å². The summed E-state index contributed by atoms with van der Waals surface area (Å²) < 4.78 is 0. The SMILES string of the molecule is Cc1nc2c(Cl)cc(C(N)NO)cc2[nH]1. The number of aryl methyl sites for hydroxylation is 1. The van der Waals surface area contributed by atoms with Gasteiger partial charge < -0.3 is 15.9 Å². The molecule has 0 fully saturated rings. The molecule has 2 aromatic rings. The number of nitrogens with zero attached hydrogens (tertiary/aromatic N) is 1. The number of aromatic nitrogens is 2. The minimum Gasteiger partial charge on any atom is -0.342 e. The summed E-state index contributed by atoms with van der Waals surface area (Å²) in [6.07, 6.45) is -0.657. The summed E-state index contributed by atoms with van der Waals surface area (Å²) in [4.78, 5) is 7.29. The molecule has 15 heavy (non-hydrogen) atoms. The molecule has 5 N–H and O–H groups in total. The Hall–Kier alpha value is -1.14. The average Bonchev–Trinajstić information content (AvgIpc) is 2.58. The number of fused-ring (bicyclic) bond motifs is 1. The van der Waals surface area contributed by atoms with Crippen molar-refractivity contribution in [2.75, 3.05) is 0 Å². The Kier molecular flexibility index (Phi) is 2.62. The molecule has 80 valence electrons. The van der Waals surface area contributed by atoms with E-state index in [1.807, 2.05) is 12.4 Å². The van der Waals surface area contributed by atoms with Gasteiger partial charge in [0.25, 0.3) is 0 Å². The van der Waals surface area contributed by atoms with Crippen molar-refractivity contribution in [3.8, 4) is 0 Å². The molecule has 0 amide bonds. The third kappa shape index (κ3) is 1.82. The highest BCUT2D eigenvalue weighted by Crippen LogP contribution is 2.25. The standard InChI is InChI=1S/C9H11ClN4O/c1-4-12-7-3-5(9(11)14-15)2-6(10)8(7)13-4/h2-3,9,14-15H,11H2,1H3,(H,12,13). The van der Waals surface area contributed by atoms with Crippen molar-refractivity contribution in [1.82, 2.24) is 15.4 Å². The van der Waals surface area contributed by atoms with Gasteiger partial charge in [-0.25, -0.2) is 4.98 Å². The van der Waals surface area contributed by atoms with Gasteiger partial charge in [-0.05, 0) is 24.6 Å². The van der Waals surface area contributed by atoms with Crippen molar-refractivity contribution in [2.45, 2.75) is 13.1 Å². The van der Waals surface area contributed by atoms with E-state index in [4.69, 9.17) is 22.5 Å². The smallest absolute Gasteiger partial charge is 0.107 e.